The standard InChI is InChI=1S/C29H19ClN2O2S/c30-22-10-6-11-23(16-22)32-28(33)27(35-29(32)34)15-21-18-31(26-14-4-3-13-25(21)26)17-20-9-5-8-19-7-1-2-12-24(19)20/h1-16,18H,17H2/b27-15+. The number of fused-ring (bicyclic) bond motifs is 2. The fraction of sp³-hybridized carbons (Fsp3) is 0.0345. The van der Waals surface area contributed by atoms with Gasteiger partial charge in [-0.25, -0.2) is 4.90 Å². The van der Waals surface area contributed by atoms with E-state index in [1.54, 1.807) is 24.3 Å². The smallest absolute Gasteiger partial charge is 0.298 e. The van der Waals surface area contributed by atoms with Crippen LogP contribution in [0.4, 0.5) is 10.5 Å². The zero-order valence-corrected chi connectivity index (χ0v) is 20.1. The number of aromatic nitrogens is 1. The SMILES string of the molecule is O=C1S/C(=C/c2cn(Cc3cccc4ccccc34)c3ccccc23)C(=O)N1c1cccc(Cl)c1. The normalized spacial score (nSPS) is 15.1. The molecule has 2 heterocycles. The molecule has 1 fully saturated rings. The predicted molar refractivity (Wildman–Crippen MR) is 145 cm³/mol. The number of hydrogen-bond acceptors (Lipinski definition) is 3. The van der Waals surface area contributed by atoms with Crippen molar-refractivity contribution in [1.82, 2.24) is 4.57 Å². The molecule has 4 nitrogen and oxygen atoms in total. The lowest BCUT2D eigenvalue weighted by atomic mass is 10.0. The largest absolute Gasteiger partial charge is 0.342 e. The van der Waals surface area contributed by atoms with E-state index in [0.29, 0.717) is 22.2 Å². The molecule has 6 heteroatoms. The van der Waals surface area contributed by atoms with Gasteiger partial charge in [0.2, 0.25) is 0 Å². The van der Waals surface area contributed by atoms with E-state index in [-0.39, 0.29) is 11.1 Å². The number of benzene rings is 4. The van der Waals surface area contributed by atoms with Gasteiger partial charge in [-0.15, -0.1) is 0 Å². The summed E-state index contributed by atoms with van der Waals surface area (Å²) in [5.74, 6) is -0.340. The van der Waals surface area contributed by atoms with E-state index >= 15 is 0 Å². The third kappa shape index (κ3) is 3.93. The van der Waals surface area contributed by atoms with E-state index in [9.17, 15) is 9.59 Å². The third-order valence-corrected chi connectivity index (χ3v) is 7.29. The topological polar surface area (TPSA) is 42.3 Å². The van der Waals surface area contributed by atoms with Gasteiger partial charge in [0.05, 0.1) is 10.6 Å². The minimum Gasteiger partial charge on any atom is -0.342 e. The first-order valence-corrected chi connectivity index (χ1v) is 12.4. The maximum absolute atomic E-state index is 13.2. The molecule has 35 heavy (non-hydrogen) atoms. The number of thioether (sulfide) groups is 1. The summed E-state index contributed by atoms with van der Waals surface area (Å²) in [6.45, 7) is 0.694. The summed E-state index contributed by atoms with van der Waals surface area (Å²) in [5, 5.41) is 3.60. The lowest BCUT2D eigenvalue weighted by Crippen LogP contribution is -2.27. The van der Waals surface area contributed by atoms with Crippen LogP contribution in [0.1, 0.15) is 11.1 Å². The average Bonchev–Trinajstić information content (AvgIpc) is 3.35. The highest BCUT2D eigenvalue weighted by atomic mass is 35.5. The minimum absolute atomic E-state index is 0.331. The monoisotopic (exact) mass is 494 g/mol. The lowest BCUT2D eigenvalue weighted by molar-refractivity contribution is -0.113. The summed E-state index contributed by atoms with van der Waals surface area (Å²) in [4.78, 5) is 27.5. The molecule has 0 atom stereocenters. The molecule has 0 spiro atoms. The van der Waals surface area contributed by atoms with E-state index in [0.717, 1.165) is 28.2 Å². The molecule has 0 unspecified atom stereocenters. The molecule has 0 radical (unpaired) electrons. The van der Waals surface area contributed by atoms with E-state index < -0.39 is 0 Å². The van der Waals surface area contributed by atoms with Crippen LogP contribution >= 0.6 is 23.4 Å². The first-order chi connectivity index (χ1) is 17.1. The number of amides is 2. The Hall–Kier alpha value is -3.80. The Labute approximate surface area is 211 Å². The van der Waals surface area contributed by atoms with Gasteiger partial charge in [0.15, 0.2) is 0 Å². The van der Waals surface area contributed by atoms with E-state index in [1.807, 2.05) is 30.3 Å². The maximum atomic E-state index is 13.2. The predicted octanol–water partition coefficient (Wildman–Crippen LogP) is 7.74. The van der Waals surface area contributed by atoms with Gasteiger partial charge in [-0.2, -0.15) is 0 Å². The maximum Gasteiger partial charge on any atom is 0.298 e. The van der Waals surface area contributed by atoms with Crippen LogP contribution in [-0.2, 0) is 11.3 Å². The molecule has 4 aromatic carbocycles. The lowest BCUT2D eigenvalue weighted by Gasteiger charge is -2.12. The van der Waals surface area contributed by atoms with Crippen LogP contribution in [-0.4, -0.2) is 15.7 Å². The number of imide groups is 1. The summed E-state index contributed by atoms with van der Waals surface area (Å²) in [7, 11) is 0. The molecular formula is C29H19ClN2O2S. The number of para-hydroxylation sites is 1. The molecule has 6 rings (SSSR count). The number of hydrogen-bond donors (Lipinski definition) is 0. The van der Waals surface area contributed by atoms with E-state index in [4.69, 9.17) is 11.6 Å². The number of halogens is 1. The third-order valence-electron chi connectivity index (χ3n) is 6.19. The summed E-state index contributed by atoms with van der Waals surface area (Å²) >= 11 is 7.03. The molecule has 1 saturated heterocycles. The summed E-state index contributed by atoms with van der Waals surface area (Å²) < 4.78 is 2.20. The Bertz CT molecular complexity index is 1670. The van der Waals surface area contributed by atoms with E-state index in [1.165, 1.54) is 21.2 Å². The van der Waals surface area contributed by atoms with Crippen LogP contribution in [0.2, 0.25) is 5.02 Å². The molecule has 0 saturated carbocycles. The van der Waals surface area contributed by atoms with Crippen LogP contribution in [0.15, 0.2) is 102 Å². The van der Waals surface area contributed by atoms with Gasteiger partial charge in [0.1, 0.15) is 0 Å². The van der Waals surface area contributed by atoms with Crippen molar-refractivity contribution in [1.29, 1.82) is 0 Å². The summed E-state index contributed by atoms with van der Waals surface area (Å²) in [5.41, 5.74) is 3.66. The quantitative estimate of drug-likeness (QED) is 0.240. The molecule has 1 aliphatic rings. The van der Waals surface area contributed by atoms with Gasteiger partial charge >= 0.3 is 0 Å². The first-order valence-electron chi connectivity index (χ1n) is 11.2. The van der Waals surface area contributed by atoms with Crippen LogP contribution in [0, 0.1) is 0 Å². The number of carbonyl (C=O) groups excluding carboxylic acids is 2. The first kappa shape index (κ1) is 21.7. The molecule has 0 N–H and O–H groups in total. The highest BCUT2D eigenvalue weighted by Gasteiger charge is 2.36. The minimum atomic E-state index is -0.340. The average molecular weight is 495 g/mol. The number of rotatable bonds is 4. The Morgan fingerprint density at radius 1 is 0.829 bits per heavy atom. The van der Waals surface area contributed by atoms with Crippen molar-refractivity contribution in [3.05, 3.63) is 118 Å². The molecule has 5 aromatic rings. The second kappa shape index (κ2) is 8.77. The fourth-order valence-corrected chi connectivity index (χ4v) is 5.60. The zero-order valence-electron chi connectivity index (χ0n) is 18.5. The molecule has 0 aliphatic carbocycles. The van der Waals surface area contributed by atoms with Crippen molar-refractivity contribution in [2.24, 2.45) is 0 Å². The number of carbonyl (C=O) groups is 2. The Morgan fingerprint density at radius 3 is 2.43 bits per heavy atom. The van der Waals surface area contributed by atoms with Gasteiger partial charge in [-0.3, -0.25) is 9.59 Å². The van der Waals surface area contributed by atoms with Crippen molar-refractivity contribution >= 4 is 67.9 Å². The van der Waals surface area contributed by atoms with Crippen LogP contribution in [0.25, 0.3) is 27.8 Å². The molecule has 0 bridgehead atoms. The van der Waals surface area contributed by atoms with Crippen LogP contribution in [0.5, 0.6) is 0 Å². The zero-order chi connectivity index (χ0) is 23.9. The van der Waals surface area contributed by atoms with E-state index in [2.05, 4.69) is 53.2 Å². The van der Waals surface area contributed by atoms with Gasteiger partial charge in [-0.1, -0.05) is 78.3 Å². The highest BCUT2D eigenvalue weighted by Crippen LogP contribution is 2.37. The van der Waals surface area contributed by atoms with Crippen molar-refractivity contribution in [2.45, 2.75) is 6.54 Å². The van der Waals surface area contributed by atoms with Crippen molar-refractivity contribution in [2.75, 3.05) is 4.90 Å². The molecule has 1 aliphatic heterocycles. The van der Waals surface area contributed by atoms with Crippen molar-refractivity contribution in [3.8, 4) is 0 Å². The summed E-state index contributed by atoms with van der Waals surface area (Å²) in [6, 6.07) is 29.6. The molecule has 2 amide bonds. The van der Waals surface area contributed by atoms with Gasteiger partial charge < -0.3 is 4.57 Å². The Kier molecular flexibility index (Phi) is 5.44. The van der Waals surface area contributed by atoms with Crippen molar-refractivity contribution in [3.63, 3.8) is 0 Å². The van der Waals surface area contributed by atoms with Crippen LogP contribution in [0.3, 0.4) is 0 Å². The highest BCUT2D eigenvalue weighted by molar-refractivity contribution is 8.19. The van der Waals surface area contributed by atoms with Crippen LogP contribution < -0.4 is 4.90 Å². The molecular weight excluding hydrogens is 476 g/mol. The van der Waals surface area contributed by atoms with Gasteiger partial charge in [0.25, 0.3) is 11.1 Å². The van der Waals surface area contributed by atoms with Gasteiger partial charge in [0, 0.05) is 34.2 Å². The summed E-state index contributed by atoms with van der Waals surface area (Å²) in [6.07, 6.45) is 3.87. The van der Waals surface area contributed by atoms with Gasteiger partial charge in [-0.05, 0) is 58.4 Å². The Morgan fingerprint density at radius 2 is 1.57 bits per heavy atom. The Balaban J connectivity index is 1.40. The second-order valence-electron chi connectivity index (χ2n) is 8.36. The molecule has 1 aromatic heterocycles. The van der Waals surface area contributed by atoms with Crippen molar-refractivity contribution < 1.29 is 9.59 Å². The fourth-order valence-electron chi connectivity index (χ4n) is 4.58. The number of nitrogens with zero attached hydrogens (tertiary/aromatic N) is 2. The molecule has 170 valence electrons. The number of anilines is 1. The second-order valence-corrected chi connectivity index (χ2v) is 9.79.